The molecule has 1 saturated heterocycles. The normalized spacial score (nSPS) is 26.6. The van der Waals surface area contributed by atoms with Gasteiger partial charge in [-0.15, -0.1) is 6.58 Å². The van der Waals surface area contributed by atoms with E-state index >= 15 is 0 Å². The predicted octanol–water partition coefficient (Wildman–Crippen LogP) is 6.10. The molecule has 0 radical (unpaired) electrons. The molecule has 6 rings (SSSR count). The minimum absolute atomic E-state index is 0.0126. The minimum atomic E-state index is -1.53. The average Bonchev–Trinajstić information content (AvgIpc) is 3.41. The zero-order valence-corrected chi connectivity index (χ0v) is 33.6. The van der Waals surface area contributed by atoms with E-state index in [1.165, 1.54) is 36.5 Å². The molecule has 1 unspecified atom stereocenters. The van der Waals surface area contributed by atoms with Crippen LogP contribution >= 0.6 is 22.9 Å². The SMILES string of the molecule is C=C[C@@H]1C[C@]1(NC(=O)[C@@H]1C[C@@H](Oc2cc(-c3csc(OC)n3)nc3c(Cl)c(OC)ccc23)CN1C(=O)[C@@H](NC(=O)O[C@@H]1CC(C)[C@H](C)C1)C(C)(C)C)C(=O)O. The Labute approximate surface area is 328 Å². The fraction of sp³-hybridized carbons (Fsp3) is 0.538. The highest BCUT2D eigenvalue weighted by Crippen LogP contribution is 2.45. The number of carbonyl (C=O) groups excluding carboxylic acids is 3. The van der Waals surface area contributed by atoms with E-state index < -0.39 is 58.9 Å². The van der Waals surface area contributed by atoms with Crippen LogP contribution in [0.1, 0.15) is 60.3 Å². The molecule has 3 aromatic rings. The summed E-state index contributed by atoms with van der Waals surface area (Å²) in [4.78, 5) is 65.1. The number of carbonyl (C=O) groups is 4. The van der Waals surface area contributed by atoms with E-state index in [2.05, 4.69) is 36.0 Å². The number of alkyl carbamates (subject to hydrolysis) is 1. The number of halogens is 1. The van der Waals surface area contributed by atoms with Crippen molar-refractivity contribution in [3.63, 3.8) is 0 Å². The van der Waals surface area contributed by atoms with Crippen molar-refractivity contribution >= 4 is 57.7 Å². The number of benzene rings is 1. The van der Waals surface area contributed by atoms with Crippen LogP contribution in [0.25, 0.3) is 22.3 Å². The molecule has 55 heavy (non-hydrogen) atoms. The minimum Gasteiger partial charge on any atom is -0.495 e. The number of pyridine rings is 1. The molecule has 3 amide bonds. The molecule has 1 aromatic carbocycles. The van der Waals surface area contributed by atoms with Crippen molar-refractivity contribution in [2.45, 2.75) is 90.1 Å². The number of rotatable bonds is 12. The largest absolute Gasteiger partial charge is 0.495 e. The number of nitrogens with zero attached hydrogens (tertiary/aromatic N) is 3. The Balaban J connectivity index is 1.33. The number of hydrogen-bond acceptors (Lipinski definition) is 11. The summed E-state index contributed by atoms with van der Waals surface area (Å²) in [7, 11) is 3.02. The molecule has 3 fully saturated rings. The highest BCUT2D eigenvalue weighted by molar-refractivity contribution is 7.11. The van der Waals surface area contributed by atoms with Gasteiger partial charge in [0.15, 0.2) is 0 Å². The maximum Gasteiger partial charge on any atom is 0.408 e. The number of carboxylic acid groups (broad SMARTS) is 1. The first-order valence-corrected chi connectivity index (χ1v) is 19.5. The number of fused-ring (bicyclic) bond motifs is 1. The average molecular weight is 798 g/mol. The second-order valence-corrected chi connectivity index (χ2v) is 17.1. The summed E-state index contributed by atoms with van der Waals surface area (Å²) in [6.07, 6.45) is 1.40. The van der Waals surface area contributed by atoms with E-state index in [9.17, 15) is 24.3 Å². The molecular formula is C39H48ClN5O9S. The highest BCUT2D eigenvalue weighted by atomic mass is 35.5. The summed E-state index contributed by atoms with van der Waals surface area (Å²) in [5.74, 6) is -1.30. The number of thiazole rings is 1. The monoisotopic (exact) mass is 797 g/mol. The lowest BCUT2D eigenvalue weighted by molar-refractivity contribution is -0.146. The van der Waals surface area contributed by atoms with Crippen molar-refractivity contribution in [2.24, 2.45) is 23.2 Å². The van der Waals surface area contributed by atoms with Crippen molar-refractivity contribution < 1.29 is 43.2 Å². The van der Waals surface area contributed by atoms with Crippen LogP contribution in [0.5, 0.6) is 16.7 Å². The van der Waals surface area contributed by atoms with E-state index in [4.69, 9.17) is 35.5 Å². The number of ether oxygens (including phenoxy) is 4. The van der Waals surface area contributed by atoms with E-state index in [1.54, 1.807) is 23.6 Å². The molecule has 16 heteroatoms. The number of aromatic nitrogens is 2. The Morgan fingerprint density at radius 3 is 2.35 bits per heavy atom. The Kier molecular flexibility index (Phi) is 11.3. The number of methoxy groups -OCH3 is 2. The molecule has 8 atom stereocenters. The Bertz CT molecular complexity index is 1990. The first kappa shape index (κ1) is 40.0. The molecule has 2 aliphatic carbocycles. The molecule has 14 nitrogen and oxygen atoms in total. The van der Waals surface area contributed by atoms with Gasteiger partial charge < -0.3 is 39.6 Å². The predicted molar refractivity (Wildman–Crippen MR) is 207 cm³/mol. The van der Waals surface area contributed by atoms with Gasteiger partial charge in [0.1, 0.15) is 52.0 Å². The van der Waals surface area contributed by atoms with Gasteiger partial charge in [-0.25, -0.2) is 19.6 Å². The van der Waals surface area contributed by atoms with Crippen molar-refractivity contribution in [3.8, 4) is 28.1 Å². The maximum absolute atomic E-state index is 14.6. The van der Waals surface area contributed by atoms with Gasteiger partial charge in [0.05, 0.1) is 32.0 Å². The van der Waals surface area contributed by atoms with Crippen molar-refractivity contribution in [3.05, 3.63) is 41.3 Å². The van der Waals surface area contributed by atoms with Crippen LogP contribution in [0, 0.1) is 23.2 Å². The highest BCUT2D eigenvalue weighted by Gasteiger charge is 2.61. The molecule has 2 saturated carbocycles. The van der Waals surface area contributed by atoms with E-state index in [0.717, 1.165) is 12.8 Å². The van der Waals surface area contributed by atoms with Crippen LogP contribution in [0.2, 0.25) is 5.02 Å². The number of amides is 3. The van der Waals surface area contributed by atoms with Gasteiger partial charge in [-0.05, 0) is 48.6 Å². The van der Waals surface area contributed by atoms with Crippen LogP contribution in [0.3, 0.4) is 0 Å². The number of aliphatic carboxylic acids is 1. The second kappa shape index (κ2) is 15.5. The van der Waals surface area contributed by atoms with Gasteiger partial charge in [0, 0.05) is 29.2 Å². The van der Waals surface area contributed by atoms with Gasteiger partial charge >= 0.3 is 12.1 Å². The second-order valence-electron chi connectivity index (χ2n) is 15.9. The molecule has 2 aromatic heterocycles. The molecule has 0 spiro atoms. The summed E-state index contributed by atoms with van der Waals surface area (Å²) < 4.78 is 23.2. The number of hydrogen-bond donors (Lipinski definition) is 3. The fourth-order valence-corrected chi connectivity index (χ4v) is 8.46. The van der Waals surface area contributed by atoms with Crippen molar-refractivity contribution in [2.75, 3.05) is 20.8 Å². The quantitative estimate of drug-likeness (QED) is 0.181. The third-order valence-corrected chi connectivity index (χ3v) is 12.2. The van der Waals surface area contributed by atoms with Gasteiger partial charge in [-0.1, -0.05) is 63.6 Å². The third-order valence-electron chi connectivity index (χ3n) is 11.0. The zero-order chi connectivity index (χ0) is 40.0. The Morgan fingerprint density at radius 1 is 1.05 bits per heavy atom. The van der Waals surface area contributed by atoms with Crippen LogP contribution < -0.4 is 24.8 Å². The summed E-state index contributed by atoms with van der Waals surface area (Å²) in [6, 6.07) is 2.91. The summed E-state index contributed by atoms with van der Waals surface area (Å²) in [6.45, 7) is 13.3. The van der Waals surface area contributed by atoms with Crippen LogP contribution in [0.15, 0.2) is 36.2 Å². The summed E-state index contributed by atoms with van der Waals surface area (Å²) >= 11 is 8.05. The van der Waals surface area contributed by atoms with Gasteiger partial charge in [-0.3, -0.25) is 9.59 Å². The van der Waals surface area contributed by atoms with E-state index in [-0.39, 0.29) is 30.5 Å². The van der Waals surface area contributed by atoms with Gasteiger partial charge in [0.25, 0.3) is 5.19 Å². The standard InChI is InChI=1S/C39H48ClN5O9S/c1-9-21-16-39(21,35(48)49)44-33(46)27-14-23(17-45(27)34(47)32(38(4,5)6)43-36(50)54-22-12-19(2)20(3)13-22)53-29-15-25(26-18-55-37(42-26)52-8)41-31-24(29)10-11-28(51-7)30(31)40/h9-11,15,18-23,27,32H,1,12-14,16-17H2,2-8H3,(H,43,50)(H,44,46)(H,48,49)/t19-,20?,21-,22+,23-,27+,32-,39-/m1/s1. The van der Waals surface area contributed by atoms with Gasteiger partial charge in [-0.2, -0.15) is 0 Å². The first-order chi connectivity index (χ1) is 26.0. The summed E-state index contributed by atoms with van der Waals surface area (Å²) in [5.41, 5.74) is -1.00. The fourth-order valence-electron chi connectivity index (χ4n) is 7.54. The smallest absolute Gasteiger partial charge is 0.408 e. The molecule has 3 N–H and O–H groups in total. The van der Waals surface area contributed by atoms with Crippen LogP contribution in [0.4, 0.5) is 4.79 Å². The molecule has 296 valence electrons. The topological polar surface area (TPSA) is 179 Å². The van der Waals surface area contributed by atoms with Crippen molar-refractivity contribution in [1.29, 1.82) is 0 Å². The van der Waals surface area contributed by atoms with Crippen LogP contribution in [-0.4, -0.2) is 94.4 Å². The Morgan fingerprint density at radius 2 is 1.76 bits per heavy atom. The first-order valence-electron chi connectivity index (χ1n) is 18.3. The third kappa shape index (κ3) is 8.04. The number of nitrogens with one attached hydrogen (secondary N) is 2. The molecule has 3 aliphatic rings. The summed E-state index contributed by atoms with van der Waals surface area (Å²) in [5, 5.41) is 18.6. The van der Waals surface area contributed by atoms with Crippen molar-refractivity contribution in [1.82, 2.24) is 25.5 Å². The number of carboxylic acids is 1. The molecule has 0 bridgehead atoms. The van der Waals surface area contributed by atoms with E-state index in [1.807, 2.05) is 20.8 Å². The number of likely N-dealkylation sites (tertiary alicyclic amines) is 1. The van der Waals surface area contributed by atoms with Crippen LogP contribution in [-0.2, 0) is 19.1 Å². The molecular weight excluding hydrogens is 750 g/mol. The molecule has 1 aliphatic heterocycles. The maximum atomic E-state index is 14.6. The lowest BCUT2D eigenvalue weighted by atomic mass is 9.85. The lowest BCUT2D eigenvalue weighted by Crippen LogP contribution is -2.59. The zero-order valence-electron chi connectivity index (χ0n) is 32.0. The van der Waals surface area contributed by atoms with Gasteiger partial charge in [0.2, 0.25) is 11.8 Å². The lowest BCUT2D eigenvalue weighted by Gasteiger charge is -2.35. The Hall–Kier alpha value is -4.63. The molecule has 3 heterocycles. The van der Waals surface area contributed by atoms with E-state index in [0.29, 0.717) is 50.8 Å².